The molecular weight excluding hydrogens is 270 g/mol. The summed E-state index contributed by atoms with van der Waals surface area (Å²) >= 11 is 1.32. The Balaban J connectivity index is 2.76. The molecule has 0 atom stereocenters. The first-order valence-corrected chi connectivity index (χ1v) is 7.53. The molecule has 2 rings (SSSR count). The van der Waals surface area contributed by atoms with E-state index in [1.165, 1.54) is 23.9 Å². The Morgan fingerprint density at radius 2 is 2.00 bits per heavy atom. The van der Waals surface area contributed by atoms with E-state index in [1.807, 2.05) is 0 Å². The molecule has 6 heteroatoms. The van der Waals surface area contributed by atoms with Gasteiger partial charge < -0.3 is 5.73 Å². The second-order valence-corrected chi connectivity index (χ2v) is 8.17. The molecular formula is C12H13NO3S2. The number of nitrogens with two attached hydrogens (primary N) is 1. The number of rotatable bonds is 1. The summed E-state index contributed by atoms with van der Waals surface area (Å²) in [5.74, 6) is -0.639. The molecule has 0 radical (unpaired) electrons. The van der Waals surface area contributed by atoms with Gasteiger partial charge in [0, 0.05) is 15.4 Å². The fourth-order valence-corrected chi connectivity index (χ4v) is 4.82. The van der Waals surface area contributed by atoms with Gasteiger partial charge in [-0.05, 0) is 32.0 Å². The lowest BCUT2D eigenvalue weighted by Crippen LogP contribution is -2.35. The van der Waals surface area contributed by atoms with Crippen LogP contribution in [0.5, 0.6) is 0 Å². The van der Waals surface area contributed by atoms with Gasteiger partial charge in [-0.3, -0.25) is 4.79 Å². The van der Waals surface area contributed by atoms with Gasteiger partial charge in [-0.1, -0.05) is 18.3 Å². The quantitative estimate of drug-likeness (QED) is 0.854. The molecule has 4 nitrogen and oxygen atoms in total. The monoisotopic (exact) mass is 283 g/mol. The van der Waals surface area contributed by atoms with Gasteiger partial charge in [0.25, 0.3) is 0 Å². The molecule has 0 aliphatic carbocycles. The van der Waals surface area contributed by atoms with E-state index in [4.69, 9.17) is 5.73 Å². The van der Waals surface area contributed by atoms with Crippen molar-refractivity contribution in [2.24, 2.45) is 5.73 Å². The first-order chi connectivity index (χ1) is 8.18. The summed E-state index contributed by atoms with van der Waals surface area (Å²) < 4.78 is 23.9. The smallest absolute Gasteiger partial charge is 0.248 e. The lowest BCUT2D eigenvalue weighted by molar-refractivity contribution is 0.1000. The minimum absolute atomic E-state index is 0.154. The maximum Gasteiger partial charge on any atom is 0.248 e. The van der Waals surface area contributed by atoms with Gasteiger partial charge in [-0.2, -0.15) is 0 Å². The van der Waals surface area contributed by atoms with Gasteiger partial charge in [0.2, 0.25) is 5.91 Å². The molecule has 2 N–H and O–H groups in total. The van der Waals surface area contributed by atoms with E-state index in [0.29, 0.717) is 9.80 Å². The zero-order valence-electron chi connectivity index (χ0n) is 10.1. The first kappa shape index (κ1) is 13.2. The van der Waals surface area contributed by atoms with Crippen molar-refractivity contribution in [3.05, 3.63) is 35.2 Å². The minimum atomic E-state index is -3.55. The predicted octanol–water partition coefficient (Wildman–Crippen LogP) is 1.96. The normalized spacial score (nSPS) is 20.2. The average molecular weight is 283 g/mol. The van der Waals surface area contributed by atoms with Crippen molar-refractivity contribution in [1.82, 2.24) is 0 Å². The van der Waals surface area contributed by atoms with Gasteiger partial charge in [0.15, 0.2) is 9.84 Å². The summed E-state index contributed by atoms with van der Waals surface area (Å²) in [6.07, 6.45) is 0. The Morgan fingerprint density at radius 3 is 2.56 bits per heavy atom. The molecule has 1 aliphatic heterocycles. The van der Waals surface area contributed by atoms with Crippen LogP contribution in [-0.2, 0) is 9.84 Å². The highest BCUT2D eigenvalue weighted by atomic mass is 32.2. The number of carbonyl (C=O) groups is 1. The molecule has 1 aliphatic rings. The zero-order chi connectivity index (χ0) is 13.7. The minimum Gasteiger partial charge on any atom is -0.366 e. The molecule has 0 unspecified atom stereocenters. The van der Waals surface area contributed by atoms with E-state index >= 15 is 0 Å². The number of carbonyl (C=O) groups excluding carboxylic acids is 1. The Bertz CT molecular complexity index is 660. The van der Waals surface area contributed by atoms with Crippen LogP contribution in [0.25, 0.3) is 0 Å². The number of thioether (sulfide) groups is 1. The maximum atomic E-state index is 12.5. The van der Waals surface area contributed by atoms with Gasteiger partial charge in [0.1, 0.15) is 4.75 Å². The maximum absolute atomic E-state index is 12.5. The fraction of sp³-hybridized carbons (Fsp3) is 0.250. The molecule has 0 saturated carbocycles. The fourth-order valence-electron chi connectivity index (χ4n) is 1.64. The van der Waals surface area contributed by atoms with Crippen LogP contribution in [0.1, 0.15) is 24.2 Å². The molecule has 0 fully saturated rings. The summed E-state index contributed by atoms with van der Waals surface area (Å²) in [4.78, 5) is 12.4. The second kappa shape index (κ2) is 3.86. The van der Waals surface area contributed by atoms with Crippen LogP contribution in [0.15, 0.2) is 39.5 Å². The molecule has 0 bridgehead atoms. The van der Waals surface area contributed by atoms with Crippen LogP contribution in [0.4, 0.5) is 0 Å². The highest BCUT2D eigenvalue weighted by molar-refractivity contribution is 8.06. The van der Waals surface area contributed by atoms with E-state index in [0.717, 1.165) is 0 Å². The van der Waals surface area contributed by atoms with E-state index in [9.17, 15) is 13.2 Å². The molecule has 0 aromatic heterocycles. The Morgan fingerprint density at radius 1 is 1.39 bits per heavy atom. The molecule has 1 aromatic rings. The molecule has 1 aromatic carbocycles. The van der Waals surface area contributed by atoms with E-state index in [1.54, 1.807) is 19.9 Å². The summed E-state index contributed by atoms with van der Waals surface area (Å²) in [5.41, 5.74) is 5.37. The zero-order valence-corrected chi connectivity index (χ0v) is 11.7. The summed E-state index contributed by atoms with van der Waals surface area (Å²) in [6.45, 7) is 7.03. The van der Waals surface area contributed by atoms with E-state index < -0.39 is 20.5 Å². The summed E-state index contributed by atoms with van der Waals surface area (Å²) in [7, 11) is -3.55. The SMILES string of the molecule is C=C1Sc2ccc(C(N)=O)cc2S(=O)(=O)C1(C)C. The highest BCUT2D eigenvalue weighted by Gasteiger charge is 2.44. The highest BCUT2D eigenvalue weighted by Crippen LogP contribution is 2.48. The van der Waals surface area contributed by atoms with Crippen LogP contribution in [-0.4, -0.2) is 19.1 Å². The van der Waals surface area contributed by atoms with Crippen LogP contribution in [0.2, 0.25) is 0 Å². The molecule has 1 amide bonds. The standard InChI is InChI=1S/C12H13NO3S2/c1-7-12(2,3)18(15,16)10-6-8(11(13)14)4-5-9(10)17-7/h4-6H,1H2,2-3H3,(H2,13,14). The Labute approximate surface area is 110 Å². The van der Waals surface area contributed by atoms with Crippen molar-refractivity contribution in [3.8, 4) is 0 Å². The van der Waals surface area contributed by atoms with Crippen molar-refractivity contribution in [2.75, 3.05) is 0 Å². The topological polar surface area (TPSA) is 77.2 Å². The van der Waals surface area contributed by atoms with Gasteiger partial charge >= 0.3 is 0 Å². The van der Waals surface area contributed by atoms with Crippen LogP contribution in [0.3, 0.4) is 0 Å². The largest absolute Gasteiger partial charge is 0.366 e. The number of hydrogen-bond donors (Lipinski definition) is 1. The molecule has 1 heterocycles. The van der Waals surface area contributed by atoms with Gasteiger partial charge in [0.05, 0.1) is 4.90 Å². The van der Waals surface area contributed by atoms with Crippen LogP contribution in [0, 0.1) is 0 Å². The lowest BCUT2D eigenvalue weighted by Gasteiger charge is -2.32. The van der Waals surface area contributed by atoms with Crippen molar-refractivity contribution < 1.29 is 13.2 Å². The number of fused-ring (bicyclic) bond motifs is 1. The first-order valence-electron chi connectivity index (χ1n) is 5.23. The van der Waals surface area contributed by atoms with Gasteiger partial charge in [-0.15, -0.1) is 0 Å². The Hall–Kier alpha value is -1.27. The summed E-state index contributed by atoms with van der Waals surface area (Å²) in [5, 5.41) is 0. The third-order valence-electron chi connectivity index (χ3n) is 3.09. The van der Waals surface area contributed by atoms with E-state index in [-0.39, 0.29) is 10.5 Å². The van der Waals surface area contributed by atoms with Gasteiger partial charge in [-0.25, -0.2) is 8.42 Å². The number of primary amides is 1. The van der Waals surface area contributed by atoms with E-state index in [2.05, 4.69) is 6.58 Å². The third kappa shape index (κ3) is 1.67. The third-order valence-corrected chi connectivity index (χ3v) is 7.19. The van der Waals surface area contributed by atoms with Crippen molar-refractivity contribution in [1.29, 1.82) is 0 Å². The molecule has 0 saturated heterocycles. The average Bonchev–Trinajstić information content (AvgIpc) is 2.27. The number of sulfone groups is 1. The number of benzene rings is 1. The van der Waals surface area contributed by atoms with Crippen LogP contribution < -0.4 is 5.73 Å². The number of amides is 1. The molecule has 0 spiro atoms. The van der Waals surface area contributed by atoms with Crippen LogP contribution >= 0.6 is 11.8 Å². The summed E-state index contributed by atoms with van der Waals surface area (Å²) in [6, 6.07) is 4.46. The Kier molecular flexibility index (Phi) is 2.82. The number of hydrogen-bond acceptors (Lipinski definition) is 4. The van der Waals surface area contributed by atoms with Crippen molar-refractivity contribution in [3.63, 3.8) is 0 Å². The lowest BCUT2D eigenvalue weighted by atomic mass is 10.2. The van der Waals surface area contributed by atoms with Crippen molar-refractivity contribution in [2.45, 2.75) is 28.4 Å². The predicted molar refractivity (Wildman–Crippen MR) is 71.2 cm³/mol. The molecule has 96 valence electrons. The van der Waals surface area contributed by atoms with Crippen molar-refractivity contribution >= 4 is 27.5 Å². The second-order valence-electron chi connectivity index (χ2n) is 4.56. The molecule has 18 heavy (non-hydrogen) atoms.